The SMILES string of the molecule is COCCOc1ccccc1N1CCN(C(C)C(=O)Nc2cccnc2Cl)CC1. The Morgan fingerprint density at radius 1 is 1.17 bits per heavy atom. The molecule has 0 bridgehead atoms. The molecule has 156 valence electrons. The van der Waals surface area contributed by atoms with Crippen molar-refractivity contribution in [2.24, 2.45) is 0 Å². The first-order chi connectivity index (χ1) is 14.1. The summed E-state index contributed by atoms with van der Waals surface area (Å²) in [6.45, 7) is 6.17. The zero-order valence-electron chi connectivity index (χ0n) is 16.8. The lowest BCUT2D eigenvalue weighted by atomic mass is 10.2. The maximum atomic E-state index is 12.6. The molecule has 1 aromatic heterocycles. The smallest absolute Gasteiger partial charge is 0.241 e. The summed E-state index contributed by atoms with van der Waals surface area (Å²) in [6, 6.07) is 11.3. The lowest BCUT2D eigenvalue weighted by Crippen LogP contribution is -2.52. The first kappa shape index (κ1) is 21.4. The van der Waals surface area contributed by atoms with Gasteiger partial charge in [-0.2, -0.15) is 0 Å². The fourth-order valence-corrected chi connectivity index (χ4v) is 3.47. The van der Waals surface area contributed by atoms with Gasteiger partial charge in [0, 0.05) is 39.5 Å². The number of methoxy groups -OCH3 is 1. The van der Waals surface area contributed by atoms with Gasteiger partial charge >= 0.3 is 0 Å². The van der Waals surface area contributed by atoms with Crippen LogP contribution in [0.4, 0.5) is 11.4 Å². The number of nitrogens with one attached hydrogen (secondary N) is 1. The van der Waals surface area contributed by atoms with Gasteiger partial charge in [0.1, 0.15) is 12.4 Å². The normalized spacial score (nSPS) is 15.8. The van der Waals surface area contributed by atoms with E-state index in [2.05, 4.69) is 26.2 Å². The van der Waals surface area contributed by atoms with Crippen LogP contribution in [-0.2, 0) is 9.53 Å². The molecule has 1 aliphatic heterocycles. The first-order valence-corrected chi connectivity index (χ1v) is 10.1. The fourth-order valence-electron chi connectivity index (χ4n) is 3.31. The summed E-state index contributed by atoms with van der Waals surface area (Å²) in [5, 5.41) is 3.16. The van der Waals surface area contributed by atoms with Crippen molar-refractivity contribution in [2.45, 2.75) is 13.0 Å². The second-order valence-corrected chi connectivity index (χ2v) is 7.20. The predicted octanol–water partition coefficient (Wildman–Crippen LogP) is 2.91. The molecule has 0 spiro atoms. The van der Waals surface area contributed by atoms with Gasteiger partial charge in [-0.25, -0.2) is 4.98 Å². The molecule has 1 unspecified atom stereocenters. The Morgan fingerprint density at radius 3 is 2.66 bits per heavy atom. The predicted molar refractivity (Wildman–Crippen MR) is 115 cm³/mol. The minimum absolute atomic E-state index is 0.0864. The second kappa shape index (κ2) is 10.4. The number of carbonyl (C=O) groups excluding carboxylic acids is 1. The Labute approximate surface area is 176 Å². The van der Waals surface area contributed by atoms with Crippen molar-refractivity contribution in [2.75, 3.05) is 56.7 Å². The number of aromatic nitrogens is 1. The zero-order valence-corrected chi connectivity index (χ0v) is 17.6. The van der Waals surface area contributed by atoms with E-state index >= 15 is 0 Å². The Balaban J connectivity index is 1.56. The van der Waals surface area contributed by atoms with E-state index in [0.717, 1.165) is 37.6 Å². The van der Waals surface area contributed by atoms with Crippen LogP contribution in [0.2, 0.25) is 5.15 Å². The van der Waals surface area contributed by atoms with Crippen LogP contribution < -0.4 is 15.0 Å². The number of hydrogen-bond acceptors (Lipinski definition) is 6. The van der Waals surface area contributed by atoms with E-state index in [1.807, 2.05) is 25.1 Å². The standard InChI is InChI=1S/C21H27ClN4O3/c1-16(21(27)24-17-6-5-9-23-20(17)22)25-10-12-26(13-11-25)18-7-3-4-8-19(18)29-15-14-28-2/h3-9,16H,10-15H2,1-2H3,(H,24,27). The van der Waals surface area contributed by atoms with Crippen molar-refractivity contribution in [3.8, 4) is 5.75 Å². The fraction of sp³-hybridized carbons (Fsp3) is 0.429. The number of pyridine rings is 1. The lowest BCUT2D eigenvalue weighted by molar-refractivity contribution is -0.120. The molecular weight excluding hydrogens is 392 g/mol. The number of rotatable bonds is 8. The van der Waals surface area contributed by atoms with E-state index in [9.17, 15) is 4.79 Å². The molecule has 0 aliphatic carbocycles. The van der Waals surface area contributed by atoms with Crippen LogP contribution in [-0.4, -0.2) is 68.3 Å². The van der Waals surface area contributed by atoms with E-state index in [0.29, 0.717) is 24.1 Å². The third kappa shape index (κ3) is 5.59. The van der Waals surface area contributed by atoms with Crippen LogP contribution in [0.5, 0.6) is 5.75 Å². The molecule has 0 saturated carbocycles. The summed E-state index contributed by atoms with van der Waals surface area (Å²) < 4.78 is 10.9. The highest BCUT2D eigenvalue weighted by atomic mass is 35.5. The van der Waals surface area contributed by atoms with Crippen LogP contribution in [0, 0.1) is 0 Å². The molecule has 2 heterocycles. The summed E-state index contributed by atoms with van der Waals surface area (Å²) in [4.78, 5) is 21.1. The molecule has 1 atom stereocenters. The molecule has 29 heavy (non-hydrogen) atoms. The third-order valence-corrected chi connectivity index (χ3v) is 5.31. The van der Waals surface area contributed by atoms with Crippen LogP contribution in [0.15, 0.2) is 42.6 Å². The maximum Gasteiger partial charge on any atom is 0.241 e. The molecule has 2 aromatic rings. The molecule has 1 aliphatic rings. The summed E-state index contributed by atoms with van der Waals surface area (Å²) in [6.07, 6.45) is 1.59. The van der Waals surface area contributed by atoms with Gasteiger partial charge in [0.2, 0.25) is 5.91 Å². The van der Waals surface area contributed by atoms with Crippen LogP contribution in [0.25, 0.3) is 0 Å². The number of nitrogens with zero attached hydrogens (tertiary/aromatic N) is 3. The van der Waals surface area contributed by atoms with Gasteiger partial charge < -0.3 is 19.7 Å². The third-order valence-electron chi connectivity index (χ3n) is 5.01. The summed E-state index contributed by atoms with van der Waals surface area (Å²) in [7, 11) is 1.66. The molecule has 7 nitrogen and oxygen atoms in total. The molecule has 8 heteroatoms. The van der Waals surface area contributed by atoms with E-state index in [4.69, 9.17) is 21.1 Å². The van der Waals surface area contributed by atoms with E-state index in [1.54, 1.807) is 25.4 Å². The van der Waals surface area contributed by atoms with E-state index in [1.165, 1.54) is 0 Å². The molecular formula is C21H27ClN4O3. The van der Waals surface area contributed by atoms with Crippen LogP contribution in [0.3, 0.4) is 0 Å². The highest BCUT2D eigenvalue weighted by Gasteiger charge is 2.27. The topological polar surface area (TPSA) is 66.9 Å². The molecule has 1 fully saturated rings. The minimum Gasteiger partial charge on any atom is -0.489 e. The average Bonchev–Trinajstić information content (AvgIpc) is 2.75. The largest absolute Gasteiger partial charge is 0.489 e. The number of para-hydroxylation sites is 2. The lowest BCUT2D eigenvalue weighted by Gasteiger charge is -2.39. The Kier molecular flexibility index (Phi) is 7.69. The van der Waals surface area contributed by atoms with Gasteiger partial charge in [-0.05, 0) is 31.2 Å². The number of hydrogen-bond donors (Lipinski definition) is 1. The van der Waals surface area contributed by atoms with Crippen molar-refractivity contribution >= 4 is 28.9 Å². The van der Waals surface area contributed by atoms with Gasteiger partial charge in [-0.15, -0.1) is 0 Å². The van der Waals surface area contributed by atoms with Gasteiger partial charge in [0.15, 0.2) is 5.15 Å². The molecule has 1 saturated heterocycles. The van der Waals surface area contributed by atoms with Crippen molar-refractivity contribution in [3.05, 3.63) is 47.7 Å². The first-order valence-electron chi connectivity index (χ1n) is 9.71. The number of amides is 1. The summed E-state index contributed by atoms with van der Waals surface area (Å²) >= 11 is 6.04. The maximum absolute atomic E-state index is 12.6. The zero-order chi connectivity index (χ0) is 20.6. The quantitative estimate of drug-likeness (QED) is 0.525. The van der Waals surface area contributed by atoms with Gasteiger partial charge in [-0.3, -0.25) is 9.69 Å². The van der Waals surface area contributed by atoms with E-state index < -0.39 is 0 Å². The second-order valence-electron chi connectivity index (χ2n) is 6.84. The molecule has 1 aromatic carbocycles. The Bertz CT molecular complexity index is 812. The van der Waals surface area contributed by atoms with Crippen molar-refractivity contribution in [3.63, 3.8) is 0 Å². The number of piperazine rings is 1. The van der Waals surface area contributed by atoms with Crippen molar-refractivity contribution < 1.29 is 14.3 Å². The van der Waals surface area contributed by atoms with Crippen LogP contribution in [0.1, 0.15) is 6.92 Å². The average molecular weight is 419 g/mol. The summed E-state index contributed by atoms with van der Waals surface area (Å²) in [5.41, 5.74) is 1.61. The van der Waals surface area contributed by atoms with Gasteiger partial charge in [0.25, 0.3) is 0 Å². The molecule has 0 radical (unpaired) electrons. The van der Waals surface area contributed by atoms with Crippen molar-refractivity contribution in [1.82, 2.24) is 9.88 Å². The molecule has 1 amide bonds. The monoisotopic (exact) mass is 418 g/mol. The number of carbonyl (C=O) groups is 1. The minimum atomic E-state index is -0.262. The number of anilines is 2. The Morgan fingerprint density at radius 2 is 1.93 bits per heavy atom. The van der Waals surface area contributed by atoms with Crippen molar-refractivity contribution in [1.29, 1.82) is 0 Å². The highest BCUT2D eigenvalue weighted by molar-refractivity contribution is 6.32. The summed E-state index contributed by atoms with van der Waals surface area (Å²) in [5.74, 6) is 0.770. The highest BCUT2D eigenvalue weighted by Crippen LogP contribution is 2.29. The number of benzene rings is 1. The van der Waals surface area contributed by atoms with Gasteiger partial charge in [0.05, 0.1) is 24.0 Å². The Hall–Kier alpha value is -2.35. The number of ether oxygens (including phenoxy) is 2. The van der Waals surface area contributed by atoms with Gasteiger partial charge in [-0.1, -0.05) is 23.7 Å². The van der Waals surface area contributed by atoms with E-state index in [-0.39, 0.29) is 11.9 Å². The molecule has 3 rings (SSSR count). The molecule has 1 N–H and O–H groups in total. The van der Waals surface area contributed by atoms with Crippen LogP contribution >= 0.6 is 11.6 Å². The number of halogens is 1.